The van der Waals surface area contributed by atoms with Crippen LogP contribution >= 0.6 is 11.6 Å². The van der Waals surface area contributed by atoms with Gasteiger partial charge in [0.2, 0.25) is 0 Å². The minimum absolute atomic E-state index is 0.248. The fourth-order valence-corrected chi connectivity index (χ4v) is 1.88. The molecule has 0 aromatic heterocycles. The lowest BCUT2D eigenvalue weighted by Crippen LogP contribution is -2.22. The minimum Gasteiger partial charge on any atom is -0.398 e. The summed E-state index contributed by atoms with van der Waals surface area (Å²) < 4.78 is 13.4. The molecule has 20 heavy (non-hydrogen) atoms. The van der Waals surface area contributed by atoms with Gasteiger partial charge in [0.15, 0.2) is 0 Å². The van der Waals surface area contributed by atoms with Crippen molar-refractivity contribution in [2.45, 2.75) is 13.5 Å². The second-order valence-electron chi connectivity index (χ2n) is 4.50. The summed E-state index contributed by atoms with van der Waals surface area (Å²) in [6.07, 6.45) is 0. The van der Waals surface area contributed by atoms with E-state index in [9.17, 15) is 9.18 Å². The Balaban J connectivity index is 2.04. The van der Waals surface area contributed by atoms with E-state index < -0.39 is 0 Å². The van der Waals surface area contributed by atoms with Crippen LogP contribution in [0, 0.1) is 12.7 Å². The zero-order chi connectivity index (χ0) is 14.7. The van der Waals surface area contributed by atoms with Gasteiger partial charge in [0.1, 0.15) is 5.82 Å². The zero-order valence-electron chi connectivity index (χ0n) is 10.9. The van der Waals surface area contributed by atoms with Crippen molar-refractivity contribution in [2.75, 3.05) is 5.73 Å². The first-order valence-corrected chi connectivity index (χ1v) is 6.43. The van der Waals surface area contributed by atoms with Crippen LogP contribution in [-0.4, -0.2) is 5.91 Å². The molecule has 2 aromatic carbocycles. The molecule has 3 N–H and O–H groups in total. The predicted molar refractivity (Wildman–Crippen MR) is 78.2 cm³/mol. The predicted octanol–water partition coefficient (Wildman–Crippen LogP) is 3.30. The Morgan fingerprint density at radius 2 is 2.05 bits per heavy atom. The number of amides is 1. The largest absolute Gasteiger partial charge is 0.398 e. The van der Waals surface area contributed by atoms with Gasteiger partial charge in [-0.15, -0.1) is 0 Å². The van der Waals surface area contributed by atoms with Crippen molar-refractivity contribution < 1.29 is 9.18 Å². The van der Waals surface area contributed by atoms with E-state index in [-0.39, 0.29) is 18.3 Å². The topological polar surface area (TPSA) is 55.1 Å². The van der Waals surface area contributed by atoms with Crippen molar-refractivity contribution in [1.82, 2.24) is 5.32 Å². The smallest absolute Gasteiger partial charge is 0.251 e. The van der Waals surface area contributed by atoms with Crippen LogP contribution in [-0.2, 0) is 6.54 Å². The summed E-state index contributed by atoms with van der Waals surface area (Å²) in [7, 11) is 0. The van der Waals surface area contributed by atoms with E-state index in [1.165, 1.54) is 12.1 Å². The van der Waals surface area contributed by atoms with Gasteiger partial charge in [-0.05, 0) is 42.3 Å². The summed E-state index contributed by atoms with van der Waals surface area (Å²) in [5, 5.41) is 3.04. The average molecular weight is 293 g/mol. The molecule has 0 radical (unpaired) electrons. The third-order valence-corrected chi connectivity index (χ3v) is 3.28. The molecule has 0 aliphatic carbocycles. The maximum atomic E-state index is 13.4. The number of carbonyl (C=O) groups is 1. The van der Waals surface area contributed by atoms with Gasteiger partial charge in [-0.2, -0.15) is 0 Å². The maximum Gasteiger partial charge on any atom is 0.251 e. The highest BCUT2D eigenvalue weighted by Crippen LogP contribution is 2.19. The van der Waals surface area contributed by atoms with Gasteiger partial charge in [0.25, 0.3) is 5.91 Å². The van der Waals surface area contributed by atoms with Gasteiger partial charge >= 0.3 is 0 Å². The second kappa shape index (κ2) is 5.92. The number of halogens is 2. The molecule has 2 aromatic rings. The lowest BCUT2D eigenvalue weighted by atomic mass is 10.1. The number of nitrogens with two attached hydrogens (primary N) is 1. The van der Waals surface area contributed by atoms with E-state index in [4.69, 9.17) is 17.3 Å². The fraction of sp³-hybridized carbons (Fsp3) is 0.133. The molecule has 0 aliphatic rings. The Morgan fingerprint density at radius 1 is 1.30 bits per heavy atom. The first-order chi connectivity index (χ1) is 9.47. The van der Waals surface area contributed by atoms with Crippen molar-refractivity contribution in [3.05, 3.63) is 63.9 Å². The summed E-state index contributed by atoms with van der Waals surface area (Å²) in [4.78, 5) is 11.9. The molecule has 0 aliphatic heterocycles. The summed E-state index contributed by atoms with van der Waals surface area (Å²) in [5.74, 6) is -0.569. The third kappa shape index (κ3) is 3.27. The summed E-state index contributed by atoms with van der Waals surface area (Å²) in [5.41, 5.74) is 7.68. The fourth-order valence-electron chi connectivity index (χ4n) is 1.70. The summed E-state index contributed by atoms with van der Waals surface area (Å²) >= 11 is 5.86. The Hall–Kier alpha value is -2.07. The zero-order valence-corrected chi connectivity index (χ0v) is 11.7. The molecule has 0 unspecified atom stereocenters. The van der Waals surface area contributed by atoms with Crippen LogP contribution in [0.5, 0.6) is 0 Å². The molecule has 0 saturated carbocycles. The quantitative estimate of drug-likeness (QED) is 0.853. The second-order valence-corrected chi connectivity index (χ2v) is 4.91. The number of nitrogens with one attached hydrogen (secondary N) is 1. The van der Waals surface area contributed by atoms with Crippen LogP contribution in [0.1, 0.15) is 21.5 Å². The van der Waals surface area contributed by atoms with Gasteiger partial charge in [0, 0.05) is 12.1 Å². The van der Waals surface area contributed by atoms with Crippen LogP contribution in [0.3, 0.4) is 0 Å². The normalized spacial score (nSPS) is 10.3. The Kier molecular flexibility index (Phi) is 4.25. The summed E-state index contributed by atoms with van der Waals surface area (Å²) in [6, 6.07) is 9.52. The highest BCUT2D eigenvalue weighted by atomic mass is 35.5. The molecule has 5 heteroatoms. The van der Waals surface area contributed by atoms with Crippen LogP contribution in [0.25, 0.3) is 0 Å². The Morgan fingerprint density at radius 3 is 2.70 bits per heavy atom. The third-order valence-electron chi connectivity index (χ3n) is 2.95. The molecule has 0 bridgehead atoms. The van der Waals surface area contributed by atoms with E-state index in [2.05, 4.69) is 5.32 Å². The van der Waals surface area contributed by atoms with Crippen molar-refractivity contribution in [3.8, 4) is 0 Å². The molecule has 0 spiro atoms. The van der Waals surface area contributed by atoms with E-state index in [1.54, 1.807) is 31.2 Å². The van der Waals surface area contributed by atoms with Crippen LogP contribution in [0.2, 0.25) is 5.02 Å². The number of hydrogen-bond donors (Lipinski definition) is 2. The molecule has 104 valence electrons. The van der Waals surface area contributed by atoms with E-state index >= 15 is 0 Å². The molecular weight excluding hydrogens is 279 g/mol. The monoisotopic (exact) mass is 292 g/mol. The minimum atomic E-state index is -0.285. The molecule has 0 fully saturated rings. The maximum absolute atomic E-state index is 13.4. The average Bonchev–Trinajstić information content (AvgIpc) is 2.43. The number of nitrogen functional groups attached to an aromatic ring is 1. The molecular formula is C15H14ClFN2O. The number of anilines is 1. The van der Waals surface area contributed by atoms with Gasteiger partial charge < -0.3 is 11.1 Å². The first kappa shape index (κ1) is 14.3. The molecule has 1 amide bonds. The Labute approximate surface area is 121 Å². The Bertz CT molecular complexity index is 658. The first-order valence-electron chi connectivity index (χ1n) is 6.05. The van der Waals surface area contributed by atoms with Crippen molar-refractivity contribution in [3.63, 3.8) is 0 Å². The number of aryl methyl sites for hydroxylation is 1. The van der Waals surface area contributed by atoms with Crippen molar-refractivity contribution >= 4 is 23.2 Å². The van der Waals surface area contributed by atoms with Gasteiger partial charge in [-0.25, -0.2) is 4.39 Å². The number of rotatable bonds is 3. The van der Waals surface area contributed by atoms with Gasteiger partial charge in [0.05, 0.1) is 10.7 Å². The van der Waals surface area contributed by atoms with Crippen LogP contribution in [0.4, 0.5) is 10.1 Å². The summed E-state index contributed by atoms with van der Waals surface area (Å²) in [6.45, 7) is 1.94. The van der Waals surface area contributed by atoms with E-state index in [0.29, 0.717) is 27.4 Å². The lowest BCUT2D eigenvalue weighted by Gasteiger charge is -2.07. The number of hydrogen-bond acceptors (Lipinski definition) is 2. The molecule has 2 rings (SSSR count). The molecule has 0 saturated heterocycles. The standard InChI is InChI=1S/C15H14ClFN2O/c1-9-2-3-10(6-13(9)17)8-19-15(20)11-4-5-14(18)12(16)7-11/h2-7H,8,18H2,1H3,(H,19,20). The highest BCUT2D eigenvalue weighted by molar-refractivity contribution is 6.33. The van der Waals surface area contributed by atoms with Crippen LogP contribution in [0.15, 0.2) is 36.4 Å². The van der Waals surface area contributed by atoms with Crippen LogP contribution < -0.4 is 11.1 Å². The highest BCUT2D eigenvalue weighted by Gasteiger charge is 2.08. The molecule has 0 atom stereocenters. The van der Waals surface area contributed by atoms with Crippen molar-refractivity contribution in [1.29, 1.82) is 0 Å². The number of benzene rings is 2. The van der Waals surface area contributed by atoms with Gasteiger partial charge in [-0.1, -0.05) is 23.7 Å². The van der Waals surface area contributed by atoms with Gasteiger partial charge in [-0.3, -0.25) is 4.79 Å². The van der Waals surface area contributed by atoms with E-state index in [0.717, 1.165) is 0 Å². The lowest BCUT2D eigenvalue weighted by molar-refractivity contribution is 0.0951. The number of carbonyl (C=O) groups excluding carboxylic acids is 1. The molecule has 3 nitrogen and oxygen atoms in total. The van der Waals surface area contributed by atoms with Crippen molar-refractivity contribution in [2.24, 2.45) is 0 Å². The molecule has 0 heterocycles. The van der Waals surface area contributed by atoms with E-state index in [1.807, 2.05) is 0 Å². The SMILES string of the molecule is Cc1ccc(CNC(=O)c2ccc(N)c(Cl)c2)cc1F.